The lowest BCUT2D eigenvalue weighted by atomic mass is 10.1. The van der Waals surface area contributed by atoms with Gasteiger partial charge >= 0.3 is 0 Å². The van der Waals surface area contributed by atoms with E-state index in [0.717, 1.165) is 17.8 Å². The average Bonchev–Trinajstić information content (AvgIpc) is 3.31. The summed E-state index contributed by atoms with van der Waals surface area (Å²) in [6.45, 7) is 4.58. The first-order chi connectivity index (χ1) is 17.0. The highest BCUT2D eigenvalue weighted by Crippen LogP contribution is 2.18. The van der Waals surface area contributed by atoms with E-state index >= 15 is 0 Å². The van der Waals surface area contributed by atoms with Crippen molar-refractivity contribution in [2.45, 2.75) is 26.3 Å². The topological polar surface area (TPSA) is 82.8 Å². The Labute approximate surface area is 202 Å². The molecule has 0 bridgehead atoms. The summed E-state index contributed by atoms with van der Waals surface area (Å²) in [5.41, 5.74) is 0.328. The molecule has 1 aliphatic rings. The van der Waals surface area contributed by atoms with Crippen molar-refractivity contribution in [2.24, 2.45) is 0 Å². The molecule has 2 amide bonds. The largest absolute Gasteiger partial charge is 0.339 e. The maximum absolute atomic E-state index is 13.9. The molecule has 1 fully saturated rings. The molecule has 8 nitrogen and oxygen atoms in total. The molecule has 0 spiro atoms. The van der Waals surface area contributed by atoms with E-state index in [9.17, 15) is 18.4 Å². The van der Waals surface area contributed by atoms with Gasteiger partial charge in [0.25, 0.3) is 5.91 Å². The molecule has 0 N–H and O–H groups in total. The summed E-state index contributed by atoms with van der Waals surface area (Å²) in [6, 6.07) is 12.9. The Balaban J connectivity index is 1.26. The number of rotatable bonds is 8. The van der Waals surface area contributed by atoms with E-state index in [1.165, 1.54) is 11.0 Å². The van der Waals surface area contributed by atoms with E-state index in [1.54, 1.807) is 4.90 Å². The molecule has 4 rings (SSSR count). The summed E-state index contributed by atoms with van der Waals surface area (Å²) >= 11 is 0. The summed E-state index contributed by atoms with van der Waals surface area (Å²) in [7, 11) is 0. The van der Waals surface area contributed by atoms with Gasteiger partial charge in [-0.2, -0.15) is 4.98 Å². The molecule has 0 aliphatic carbocycles. The van der Waals surface area contributed by atoms with Gasteiger partial charge in [-0.3, -0.25) is 14.5 Å². The van der Waals surface area contributed by atoms with Crippen molar-refractivity contribution in [3.8, 4) is 0 Å². The standard InChI is InChI=1S/C25H27F2N5O3/c1-2-32(18-7-4-3-5-8-18)23(33)12-11-22-28-21(29-35-22)17-30-13-15-31(16-14-30)25(34)24-19(26)9-6-10-20(24)27/h3-10H,2,11-17H2,1H3. The molecule has 3 aromatic rings. The van der Waals surface area contributed by atoms with Crippen LogP contribution in [-0.2, 0) is 17.8 Å². The molecule has 2 aromatic carbocycles. The Hall–Kier alpha value is -3.66. The molecule has 0 radical (unpaired) electrons. The van der Waals surface area contributed by atoms with Crippen molar-refractivity contribution in [3.05, 3.63) is 77.4 Å². The van der Waals surface area contributed by atoms with Gasteiger partial charge in [-0.15, -0.1) is 0 Å². The Bertz CT molecular complexity index is 1140. The predicted octanol–water partition coefficient (Wildman–Crippen LogP) is 3.29. The van der Waals surface area contributed by atoms with Crippen molar-refractivity contribution in [1.82, 2.24) is 19.9 Å². The fourth-order valence-corrected chi connectivity index (χ4v) is 4.08. The third-order valence-corrected chi connectivity index (χ3v) is 5.95. The summed E-state index contributed by atoms with van der Waals surface area (Å²) in [6.07, 6.45) is 0.587. The molecule has 1 saturated heterocycles. The third-order valence-electron chi connectivity index (χ3n) is 5.95. The SMILES string of the molecule is CCN(C(=O)CCc1nc(CN2CCN(C(=O)c3c(F)cccc3F)CC2)no1)c1ccccc1. The van der Waals surface area contributed by atoms with Crippen molar-refractivity contribution < 1.29 is 22.9 Å². The van der Waals surface area contributed by atoms with Gasteiger partial charge in [0.2, 0.25) is 11.8 Å². The highest BCUT2D eigenvalue weighted by molar-refractivity contribution is 5.95. The number of aryl methyl sites for hydroxylation is 1. The number of hydrogen-bond donors (Lipinski definition) is 0. The van der Waals surface area contributed by atoms with E-state index in [1.807, 2.05) is 42.2 Å². The number of aromatic nitrogens is 2. The number of para-hydroxylation sites is 1. The van der Waals surface area contributed by atoms with E-state index in [0.29, 0.717) is 57.4 Å². The first-order valence-electron chi connectivity index (χ1n) is 11.6. The first kappa shape index (κ1) is 24.5. The van der Waals surface area contributed by atoms with E-state index < -0.39 is 23.1 Å². The lowest BCUT2D eigenvalue weighted by Gasteiger charge is -2.34. The smallest absolute Gasteiger partial charge is 0.259 e. The summed E-state index contributed by atoms with van der Waals surface area (Å²) in [5, 5.41) is 4.00. The fraction of sp³-hybridized carbons (Fsp3) is 0.360. The summed E-state index contributed by atoms with van der Waals surface area (Å²) in [4.78, 5) is 34.8. The lowest BCUT2D eigenvalue weighted by molar-refractivity contribution is -0.118. The van der Waals surface area contributed by atoms with E-state index in [4.69, 9.17) is 4.52 Å². The monoisotopic (exact) mass is 483 g/mol. The predicted molar refractivity (Wildman–Crippen MR) is 125 cm³/mol. The maximum atomic E-state index is 13.9. The number of carbonyl (C=O) groups is 2. The normalized spacial score (nSPS) is 14.2. The van der Waals surface area contributed by atoms with Crippen molar-refractivity contribution >= 4 is 17.5 Å². The Morgan fingerprint density at radius 3 is 2.34 bits per heavy atom. The molecular formula is C25H27F2N5O3. The zero-order valence-corrected chi connectivity index (χ0v) is 19.5. The maximum Gasteiger partial charge on any atom is 0.259 e. The zero-order chi connectivity index (χ0) is 24.8. The molecular weight excluding hydrogens is 456 g/mol. The average molecular weight is 484 g/mol. The number of benzene rings is 2. The van der Waals surface area contributed by atoms with Gasteiger partial charge in [0.05, 0.1) is 6.54 Å². The van der Waals surface area contributed by atoms with Gasteiger partial charge in [-0.1, -0.05) is 29.4 Å². The van der Waals surface area contributed by atoms with Gasteiger partial charge in [0, 0.05) is 51.3 Å². The van der Waals surface area contributed by atoms with Crippen LogP contribution in [0.1, 0.15) is 35.4 Å². The van der Waals surface area contributed by atoms with Crippen LogP contribution in [0.5, 0.6) is 0 Å². The highest BCUT2D eigenvalue weighted by atomic mass is 19.1. The molecule has 0 atom stereocenters. The fourth-order valence-electron chi connectivity index (χ4n) is 4.08. The minimum absolute atomic E-state index is 0.0227. The number of piperazine rings is 1. The number of amides is 2. The quantitative estimate of drug-likeness (QED) is 0.489. The molecule has 1 aliphatic heterocycles. The van der Waals surface area contributed by atoms with Crippen LogP contribution < -0.4 is 4.90 Å². The third kappa shape index (κ3) is 5.89. The Kier molecular flexibility index (Phi) is 7.81. The minimum Gasteiger partial charge on any atom is -0.339 e. The minimum atomic E-state index is -0.860. The molecule has 184 valence electrons. The van der Waals surface area contributed by atoms with Crippen molar-refractivity contribution in [3.63, 3.8) is 0 Å². The molecule has 1 aromatic heterocycles. The van der Waals surface area contributed by atoms with E-state index in [2.05, 4.69) is 10.1 Å². The van der Waals surface area contributed by atoms with Crippen LogP contribution in [-0.4, -0.2) is 64.5 Å². The van der Waals surface area contributed by atoms with Gasteiger partial charge in [-0.25, -0.2) is 8.78 Å². The zero-order valence-electron chi connectivity index (χ0n) is 19.5. The number of anilines is 1. The van der Waals surface area contributed by atoms with Crippen LogP contribution in [0.3, 0.4) is 0 Å². The number of hydrogen-bond acceptors (Lipinski definition) is 6. The number of halogens is 2. The summed E-state index contributed by atoms with van der Waals surface area (Å²) in [5.74, 6) is -1.51. The number of nitrogens with zero attached hydrogens (tertiary/aromatic N) is 5. The second kappa shape index (κ2) is 11.2. The van der Waals surface area contributed by atoms with Gasteiger partial charge < -0.3 is 14.3 Å². The molecule has 0 unspecified atom stereocenters. The second-order valence-electron chi connectivity index (χ2n) is 8.24. The highest BCUT2D eigenvalue weighted by Gasteiger charge is 2.27. The van der Waals surface area contributed by atoms with Crippen molar-refractivity contribution in [2.75, 3.05) is 37.6 Å². The van der Waals surface area contributed by atoms with Crippen LogP contribution in [0.4, 0.5) is 14.5 Å². The van der Waals surface area contributed by atoms with E-state index in [-0.39, 0.29) is 12.3 Å². The Morgan fingerprint density at radius 1 is 1.00 bits per heavy atom. The molecule has 0 saturated carbocycles. The van der Waals surface area contributed by atoms with Crippen LogP contribution >= 0.6 is 0 Å². The molecule has 35 heavy (non-hydrogen) atoms. The van der Waals surface area contributed by atoms with Crippen molar-refractivity contribution in [1.29, 1.82) is 0 Å². The lowest BCUT2D eigenvalue weighted by Crippen LogP contribution is -2.48. The van der Waals surface area contributed by atoms with Crippen LogP contribution in [0.2, 0.25) is 0 Å². The Morgan fingerprint density at radius 2 is 1.69 bits per heavy atom. The second-order valence-corrected chi connectivity index (χ2v) is 8.24. The summed E-state index contributed by atoms with van der Waals surface area (Å²) < 4.78 is 33.2. The van der Waals surface area contributed by atoms with Crippen LogP contribution in [0, 0.1) is 11.6 Å². The molecule has 10 heteroatoms. The van der Waals surface area contributed by atoms with Gasteiger partial charge in [0.15, 0.2) is 5.82 Å². The first-order valence-corrected chi connectivity index (χ1v) is 11.6. The molecule has 2 heterocycles. The number of carbonyl (C=O) groups excluding carboxylic acids is 2. The van der Waals surface area contributed by atoms with Crippen LogP contribution in [0.25, 0.3) is 0 Å². The van der Waals surface area contributed by atoms with Crippen LogP contribution in [0.15, 0.2) is 53.1 Å². The van der Waals surface area contributed by atoms with Gasteiger partial charge in [0.1, 0.15) is 17.2 Å². The van der Waals surface area contributed by atoms with Gasteiger partial charge in [-0.05, 0) is 31.2 Å².